The highest BCUT2D eigenvalue weighted by atomic mass is 32.2. The third-order valence-corrected chi connectivity index (χ3v) is 3.78. The maximum atomic E-state index is 5.77. The van der Waals surface area contributed by atoms with Crippen LogP contribution >= 0.6 is 11.8 Å². The van der Waals surface area contributed by atoms with E-state index < -0.39 is 0 Å². The van der Waals surface area contributed by atoms with Crippen molar-refractivity contribution in [2.75, 3.05) is 5.73 Å². The van der Waals surface area contributed by atoms with Gasteiger partial charge < -0.3 is 5.73 Å². The second kappa shape index (κ2) is 4.90. The zero-order chi connectivity index (χ0) is 13.2. The van der Waals surface area contributed by atoms with E-state index in [2.05, 4.69) is 35.1 Å². The van der Waals surface area contributed by atoms with Gasteiger partial charge in [0, 0.05) is 10.3 Å². The second-order valence-corrected chi connectivity index (χ2v) is 5.38. The van der Waals surface area contributed by atoms with Crippen LogP contribution in [0, 0.1) is 6.92 Å². The zero-order valence-corrected chi connectivity index (χ0v) is 11.3. The van der Waals surface area contributed by atoms with Crippen LogP contribution < -0.4 is 5.73 Å². The number of nitrogens with zero attached hydrogens (tertiary/aromatic N) is 2. The van der Waals surface area contributed by atoms with Crippen LogP contribution in [0.4, 0.5) is 5.95 Å². The summed E-state index contributed by atoms with van der Waals surface area (Å²) >= 11 is 1.61. The van der Waals surface area contributed by atoms with Crippen LogP contribution in [0.5, 0.6) is 0 Å². The maximum absolute atomic E-state index is 5.77. The van der Waals surface area contributed by atoms with Crippen molar-refractivity contribution in [2.45, 2.75) is 16.8 Å². The quantitative estimate of drug-likeness (QED) is 0.720. The van der Waals surface area contributed by atoms with Crippen LogP contribution in [-0.2, 0) is 0 Å². The molecule has 2 aromatic carbocycles. The number of hydrogen-bond acceptors (Lipinski definition) is 4. The molecule has 0 saturated heterocycles. The van der Waals surface area contributed by atoms with E-state index in [9.17, 15) is 0 Å². The van der Waals surface area contributed by atoms with E-state index in [1.54, 1.807) is 11.8 Å². The summed E-state index contributed by atoms with van der Waals surface area (Å²) < 4.78 is 0. The summed E-state index contributed by atoms with van der Waals surface area (Å²) in [7, 11) is 0. The van der Waals surface area contributed by atoms with Crippen LogP contribution in [0.1, 0.15) is 5.56 Å². The van der Waals surface area contributed by atoms with Gasteiger partial charge in [-0.2, -0.15) is 0 Å². The van der Waals surface area contributed by atoms with Crippen LogP contribution in [0.3, 0.4) is 0 Å². The molecular weight excluding hydrogens is 254 g/mol. The Labute approximate surface area is 115 Å². The van der Waals surface area contributed by atoms with Gasteiger partial charge in [-0.1, -0.05) is 47.7 Å². The predicted molar refractivity (Wildman–Crippen MR) is 79.3 cm³/mol. The Morgan fingerprint density at radius 1 is 1.00 bits per heavy atom. The number of aromatic nitrogens is 2. The number of aryl methyl sites for hydroxylation is 1. The molecule has 0 unspecified atom stereocenters. The summed E-state index contributed by atoms with van der Waals surface area (Å²) in [5.74, 6) is 0.314. The zero-order valence-electron chi connectivity index (χ0n) is 10.5. The fourth-order valence-electron chi connectivity index (χ4n) is 1.93. The van der Waals surface area contributed by atoms with Gasteiger partial charge in [-0.3, -0.25) is 0 Å². The molecule has 3 nitrogen and oxygen atoms in total. The van der Waals surface area contributed by atoms with E-state index in [1.165, 1.54) is 5.56 Å². The topological polar surface area (TPSA) is 51.8 Å². The van der Waals surface area contributed by atoms with Gasteiger partial charge in [-0.15, -0.1) is 0 Å². The third-order valence-electron chi connectivity index (χ3n) is 2.79. The van der Waals surface area contributed by atoms with E-state index in [0.717, 1.165) is 20.8 Å². The molecule has 0 spiro atoms. The van der Waals surface area contributed by atoms with E-state index in [1.807, 2.05) is 30.3 Å². The number of nitrogens with two attached hydrogens (primary N) is 1. The van der Waals surface area contributed by atoms with E-state index in [4.69, 9.17) is 5.73 Å². The molecule has 0 fully saturated rings. The Kier molecular flexibility index (Phi) is 3.09. The van der Waals surface area contributed by atoms with Crippen molar-refractivity contribution in [1.82, 2.24) is 9.97 Å². The van der Waals surface area contributed by atoms with Crippen LogP contribution in [0.2, 0.25) is 0 Å². The number of para-hydroxylation sites is 1. The van der Waals surface area contributed by atoms with Crippen molar-refractivity contribution in [1.29, 1.82) is 0 Å². The lowest BCUT2D eigenvalue weighted by atomic mass is 10.2. The van der Waals surface area contributed by atoms with Crippen LogP contribution in [-0.4, -0.2) is 9.97 Å². The highest BCUT2D eigenvalue weighted by Crippen LogP contribution is 2.32. The molecule has 0 atom stereocenters. The number of benzene rings is 2. The SMILES string of the molecule is Cc1cccc(Sc2nc(N)nc3ccccc23)c1. The molecule has 1 heterocycles. The lowest BCUT2D eigenvalue weighted by Crippen LogP contribution is -1.97. The number of anilines is 1. The molecule has 4 heteroatoms. The minimum atomic E-state index is 0.314. The standard InChI is InChI=1S/C15H13N3S/c1-10-5-4-6-11(9-10)19-14-12-7-2-3-8-13(12)17-15(16)18-14/h2-9H,1H3,(H2,16,17,18). The minimum Gasteiger partial charge on any atom is -0.368 e. The second-order valence-electron chi connectivity index (χ2n) is 4.32. The number of hydrogen-bond donors (Lipinski definition) is 1. The number of fused-ring (bicyclic) bond motifs is 1. The normalized spacial score (nSPS) is 10.8. The summed E-state index contributed by atoms with van der Waals surface area (Å²) in [6.45, 7) is 2.08. The summed E-state index contributed by atoms with van der Waals surface area (Å²) in [5.41, 5.74) is 7.89. The Balaban J connectivity index is 2.09. The molecule has 0 radical (unpaired) electrons. The van der Waals surface area contributed by atoms with E-state index >= 15 is 0 Å². The van der Waals surface area contributed by atoms with E-state index in [-0.39, 0.29) is 0 Å². The number of nitrogen functional groups attached to an aromatic ring is 1. The molecule has 3 rings (SSSR count). The lowest BCUT2D eigenvalue weighted by Gasteiger charge is -2.06. The monoisotopic (exact) mass is 267 g/mol. The summed E-state index contributed by atoms with van der Waals surface area (Å²) in [6, 6.07) is 16.3. The lowest BCUT2D eigenvalue weighted by molar-refractivity contribution is 1.12. The van der Waals surface area contributed by atoms with Crippen molar-refractivity contribution in [2.24, 2.45) is 0 Å². The largest absolute Gasteiger partial charge is 0.368 e. The predicted octanol–water partition coefficient (Wildman–Crippen LogP) is 3.67. The van der Waals surface area contributed by atoms with Gasteiger partial charge in [0.1, 0.15) is 5.03 Å². The average Bonchev–Trinajstić information content (AvgIpc) is 2.38. The van der Waals surface area contributed by atoms with Crippen molar-refractivity contribution < 1.29 is 0 Å². The van der Waals surface area contributed by atoms with Gasteiger partial charge in [-0.25, -0.2) is 9.97 Å². The van der Waals surface area contributed by atoms with Gasteiger partial charge in [0.2, 0.25) is 5.95 Å². The molecule has 0 bridgehead atoms. The highest BCUT2D eigenvalue weighted by molar-refractivity contribution is 7.99. The summed E-state index contributed by atoms with van der Waals surface area (Å²) in [6.07, 6.45) is 0. The molecule has 0 aliphatic rings. The summed E-state index contributed by atoms with van der Waals surface area (Å²) in [5, 5.41) is 1.93. The molecule has 0 aliphatic carbocycles. The molecule has 3 aromatic rings. The Morgan fingerprint density at radius 3 is 2.68 bits per heavy atom. The first-order valence-corrected chi connectivity index (χ1v) is 6.81. The molecule has 19 heavy (non-hydrogen) atoms. The first-order chi connectivity index (χ1) is 9.22. The Hall–Kier alpha value is -2.07. The van der Waals surface area contributed by atoms with Gasteiger partial charge in [-0.05, 0) is 25.1 Å². The van der Waals surface area contributed by atoms with Crippen LogP contribution in [0.15, 0.2) is 58.5 Å². The summed E-state index contributed by atoms with van der Waals surface area (Å²) in [4.78, 5) is 9.76. The molecular formula is C15H13N3S. The first-order valence-electron chi connectivity index (χ1n) is 5.99. The fraction of sp³-hybridized carbons (Fsp3) is 0.0667. The number of rotatable bonds is 2. The van der Waals surface area contributed by atoms with Crippen molar-refractivity contribution >= 4 is 28.6 Å². The molecule has 1 aromatic heterocycles. The van der Waals surface area contributed by atoms with Crippen molar-refractivity contribution in [3.05, 3.63) is 54.1 Å². The highest BCUT2D eigenvalue weighted by Gasteiger charge is 2.07. The molecule has 2 N–H and O–H groups in total. The minimum absolute atomic E-state index is 0.314. The Bertz CT molecular complexity index is 740. The third kappa shape index (κ3) is 2.53. The van der Waals surface area contributed by atoms with Gasteiger partial charge >= 0.3 is 0 Å². The van der Waals surface area contributed by atoms with Crippen molar-refractivity contribution in [3.63, 3.8) is 0 Å². The maximum Gasteiger partial charge on any atom is 0.221 e. The smallest absolute Gasteiger partial charge is 0.221 e. The molecule has 0 aliphatic heterocycles. The van der Waals surface area contributed by atoms with Crippen molar-refractivity contribution in [3.8, 4) is 0 Å². The fourth-order valence-corrected chi connectivity index (χ4v) is 2.97. The van der Waals surface area contributed by atoms with Crippen LogP contribution in [0.25, 0.3) is 10.9 Å². The first kappa shape index (κ1) is 12.0. The van der Waals surface area contributed by atoms with Gasteiger partial charge in [0.15, 0.2) is 0 Å². The van der Waals surface area contributed by atoms with E-state index in [0.29, 0.717) is 5.95 Å². The van der Waals surface area contributed by atoms with Gasteiger partial charge in [0.05, 0.1) is 5.52 Å². The Morgan fingerprint density at radius 2 is 1.84 bits per heavy atom. The molecule has 0 saturated carbocycles. The average molecular weight is 267 g/mol. The van der Waals surface area contributed by atoms with Gasteiger partial charge in [0.25, 0.3) is 0 Å². The molecule has 94 valence electrons. The molecule has 0 amide bonds.